The average molecular weight is 911 g/mol. The number of alkyl halides is 1. The lowest BCUT2D eigenvalue weighted by atomic mass is 10.1. The standard InChI is InChI=1S/C55H108ClN3O4/c1-3-5-7-9-11-12-13-20-30-38-48-59(51-45-57)49-39-31-21-14-15-25-33-41-53-63-55(61)43-35-27-19-17-23-29-37-47-58(50-44-56)46-36-28-22-16-18-26-34-42-54(60)62-52-40-32-24-10-8-6-4-2/h24,32H,3-23,25-31,33-53,57H2,1-2H3/b32-24-. The van der Waals surface area contributed by atoms with Crippen LogP contribution in [0.15, 0.2) is 12.2 Å². The molecule has 7 nitrogen and oxygen atoms in total. The van der Waals surface area contributed by atoms with Gasteiger partial charge in [-0.15, -0.1) is 11.6 Å². The van der Waals surface area contributed by atoms with Gasteiger partial charge in [0, 0.05) is 38.4 Å². The predicted molar refractivity (Wildman–Crippen MR) is 275 cm³/mol. The van der Waals surface area contributed by atoms with Crippen molar-refractivity contribution in [2.75, 3.05) is 64.9 Å². The van der Waals surface area contributed by atoms with E-state index in [9.17, 15) is 9.59 Å². The summed E-state index contributed by atoms with van der Waals surface area (Å²) in [7, 11) is 0. The lowest BCUT2D eigenvalue weighted by Crippen LogP contribution is -2.31. The van der Waals surface area contributed by atoms with Gasteiger partial charge in [-0.1, -0.05) is 199 Å². The lowest BCUT2D eigenvalue weighted by molar-refractivity contribution is -0.144. The third kappa shape index (κ3) is 50.1. The zero-order valence-corrected chi connectivity index (χ0v) is 43.0. The average Bonchev–Trinajstić information content (AvgIpc) is 3.28. The van der Waals surface area contributed by atoms with Gasteiger partial charge in [-0.2, -0.15) is 0 Å². The van der Waals surface area contributed by atoms with E-state index >= 15 is 0 Å². The minimum absolute atomic E-state index is 0.00685. The van der Waals surface area contributed by atoms with Gasteiger partial charge >= 0.3 is 11.9 Å². The van der Waals surface area contributed by atoms with Crippen molar-refractivity contribution in [3.8, 4) is 0 Å². The van der Waals surface area contributed by atoms with E-state index in [2.05, 4.69) is 35.8 Å². The maximum Gasteiger partial charge on any atom is 0.305 e. The Bertz CT molecular complexity index is 953. The van der Waals surface area contributed by atoms with E-state index in [0.717, 1.165) is 77.7 Å². The molecule has 0 unspecified atom stereocenters. The van der Waals surface area contributed by atoms with Gasteiger partial charge < -0.3 is 25.0 Å². The molecule has 0 bridgehead atoms. The number of rotatable bonds is 53. The third-order valence-corrected chi connectivity index (χ3v) is 12.9. The molecule has 0 fully saturated rings. The van der Waals surface area contributed by atoms with E-state index in [-0.39, 0.29) is 11.9 Å². The molecule has 0 atom stereocenters. The molecule has 0 radical (unpaired) electrons. The number of esters is 2. The minimum atomic E-state index is -0.0401. The molecule has 0 rings (SSSR count). The van der Waals surface area contributed by atoms with Crippen LogP contribution in [0.3, 0.4) is 0 Å². The second-order valence-electron chi connectivity index (χ2n) is 18.8. The van der Waals surface area contributed by atoms with Gasteiger partial charge in [-0.25, -0.2) is 0 Å². The molecule has 63 heavy (non-hydrogen) atoms. The van der Waals surface area contributed by atoms with Crippen LogP contribution in [0.1, 0.15) is 264 Å². The first-order valence-electron chi connectivity index (χ1n) is 27.7. The van der Waals surface area contributed by atoms with Gasteiger partial charge in [-0.3, -0.25) is 9.59 Å². The Kier molecular flexibility index (Phi) is 52.5. The highest BCUT2D eigenvalue weighted by Gasteiger charge is 2.07. The topological polar surface area (TPSA) is 85.1 Å². The molecule has 0 saturated carbocycles. The van der Waals surface area contributed by atoms with Crippen LogP contribution in [-0.4, -0.2) is 86.6 Å². The highest BCUT2D eigenvalue weighted by Crippen LogP contribution is 2.15. The van der Waals surface area contributed by atoms with Crippen LogP contribution in [0.5, 0.6) is 0 Å². The quantitative estimate of drug-likeness (QED) is 0.0282. The number of unbranched alkanes of at least 4 members (excludes halogenated alkanes) is 31. The van der Waals surface area contributed by atoms with Crippen LogP contribution < -0.4 is 5.73 Å². The Morgan fingerprint density at radius 2 is 0.730 bits per heavy atom. The number of allylic oxidation sites excluding steroid dienone is 1. The smallest absolute Gasteiger partial charge is 0.305 e. The summed E-state index contributed by atoms with van der Waals surface area (Å²) >= 11 is 6.12. The van der Waals surface area contributed by atoms with Crippen LogP contribution in [0.2, 0.25) is 0 Å². The fourth-order valence-electron chi connectivity index (χ4n) is 8.59. The highest BCUT2D eigenvalue weighted by atomic mass is 35.5. The molecular weight excluding hydrogens is 802 g/mol. The van der Waals surface area contributed by atoms with Gasteiger partial charge in [0.25, 0.3) is 0 Å². The van der Waals surface area contributed by atoms with E-state index in [0.29, 0.717) is 31.9 Å². The summed E-state index contributed by atoms with van der Waals surface area (Å²) in [5.41, 5.74) is 5.91. The zero-order chi connectivity index (χ0) is 45.8. The second-order valence-corrected chi connectivity index (χ2v) is 19.2. The van der Waals surface area contributed by atoms with Gasteiger partial charge in [0.1, 0.15) is 0 Å². The van der Waals surface area contributed by atoms with E-state index in [1.54, 1.807) is 0 Å². The molecule has 0 aromatic carbocycles. The maximum atomic E-state index is 12.2. The van der Waals surface area contributed by atoms with Gasteiger partial charge in [0.2, 0.25) is 0 Å². The first-order chi connectivity index (χ1) is 31.1. The summed E-state index contributed by atoms with van der Waals surface area (Å²) in [6.45, 7) is 13.2. The normalized spacial score (nSPS) is 11.8. The van der Waals surface area contributed by atoms with Gasteiger partial charge in [0.15, 0.2) is 0 Å². The number of carbonyl (C=O) groups excluding carboxylic acids is 2. The van der Waals surface area contributed by atoms with Crippen molar-refractivity contribution >= 4 is 23.5 Å². The van der Waals surface area contributed by atoms with Crippen molar-refractivity contribution in [1.82, 2.24) is 9.80 Å². The summed E-state index contributed by atoms with van der Waals surface area (Å²) in [6.07, 6.45) is 51.9. The molecule has 0 aliphatic carbocycles. The number of ether oxygens (including phenoxy) is 2. The molecule has 0 aliphatic rings. The number of carbonyl (C=O) groups is 2. The van der Waals surface area contributed by atoms with Crippen LogP contribution in [-0.2, 0) is 19.1 Å². The molecule has 2 N–H and O–H groups in total. The fourth-order valence-corrected chi connectivity index (χ4v) is 8.83. The van der Waals surface area contributed by atoms with E-state index in [1.165, 1.54) is 206 Å². The molecule has 0 aromatic rings. The molecule has 0 aromatic heterocycles. The van der Waals surface area contributed by atoms with E-state index in [4.69, 9.17) is 26.8 Å². The fraction of sp³-hybridized carbons (Fsp3) is 0.927. The summed E-state index contributed by atoms with van der Waals surface area (Å²) in [4.78, 5) is 29.3. The lowest BCUT2D eigenvalue weighted by Gasteiger charge is -2.21. The SMILES string of the molecule is CCCCC/C=C\CCOC(=O)CCCCCCCCCN(CCCl)CCCCCCCCCC(=O)OCCCCCCCCCCN(CCN)CCCCCCCCCCCC. The van der Waals surface area contributed by atoms with Crippen molar-refractivity contribution in [2.24, 2.45) is 5.73 Å². The molecule has 8 heteroatoms. The van der Waals surface area contributed by atoms with Crippen molar-refractivity contribution in [1.29, 1.82) is 0 Å². The molecule has 0 heterocycles. The summed E-state index contributed by atoms with van der Waals surface area (Å²) in [6, 6.07) is 0. The number of halogens is 1. The Hall–Kier alpha value is -1.15. The molecule has 0 amide bonds. The summed E-state index contributed by atoms with van der Waals surface area (Å²) in [5, 5.41) is 0. The van der Waals surface area contributed by atoms with Crippen molar-refractivity contribution in [3.63, 3.8) is 0 Å². The first-order valence-corrected chi connectivity index (χ1v) is 28.3. The number of hydrogen-bond donors (Lipinski definition) is 1. The first kappa shape index (κ1) is 61.9. The molecule has 374 valence electrons. The van der Waals surface area contributed by atoms with E-state index in [1.807, 2.05) is 0 Å². The zero-order valence-electron chi connectivity index (χ0n) is 42.3. The number of nitrogens with two attached hydrogens (primary N) is 1. The Labute approximate surface area is 397 Å². The molecule has 0 spiro atoms. The highest BCUT2D eigenvalue weighted by molar-refractivity contribution is 6.18. The Morgan fingerprint density at radius 3 is 1.14 bits per heavy atom. The van der Waals surface area contributed by atoms with Crippen LogP contribution in [0.25, 0.3) is 0 Å². The molecular formula is C55H108ClN3O4. The third-order valence-electron chi connectivity index (χ3n) is 12.7. The largest absolute Gasteiger partial charge is 0.466 e. The Morgan fingerprint density at radius 1 is 0.397 bits per heavy atom. The predicted octanol–water partition coefficient (Wildman–Crippen LogP) is 15.7. The maximum absolute atomic E-state index is 12.2. The van der Waals surface area contributed by atoms with Crippen LogP contribution >= 0.6 is 11.6 Å². The van der Waals surface area contributed by atoms with Gasteiger partial charge in [-0.05, 0) is 90.4 Å². The second kappa shape index (κ2) is 53.5. The molecule has 0 saturated heterocycles. The van der Waals surface area contributed by atoms with Crippen LogP contribution in [0, 0.1) is 0 Å². The van der Waals surface area contributed by atoms with E-state index < -0.39 is 0 Å². The van der Waals surface area contributed by atoms with Crippen molar-refractivity contribution < 1.29 is 19.1 Å². The monoisotopic (exact) mass is 910 g/mol. The van der Waals surface area contributed by atoms with Crippen molar-refractivity contribution in [3.05, 3.63) is 12.2 Å². The Balaban J connectivity index is 3.56. The molecule has 0 aliphatic heterocycles. The van der Waals surface area contributed by atoms with Crippen molar-refractivity contribution in [2.45, 2.75) is 264 Å². The van der Waals surface area contributed by atoms with Gasteiger partial charge in [0.05, 0.1) is 13.2 Å². The summed E-state index contributed by atoms with van der Waals surface area (Å²) < 4.78 is 10.9. The minimum Gasteiger partial charge on any atom is -0.466 e. The van der Waals surface area contributed by atoms with Crippen LogP contribution in [0.4, 0.5) is 0 Å². The summed E-state index contributed by atoms with van der Waals surface area (Å²) in [5.74, 6) is 0.658. The number of nitrogens with zero attached hydrogens (tertiary/aromatic N) is 2. The number of hydrogen-bond acceptors (Lipinski definition) is 7.